The lowest BCUT2D eigenvalue weighted by atomic mass is 10.1. The first-order valence-corrected chi connectivity index (χ1v) is 5.82. The van der Waals surface area contributed by atoms with E-state index < -0.39 is 5.97 Å². The fourth-order valence-corrected chi connectivity index (χ4v) is 1.95. The fourth-order valence-electron chi connectivity index (χ4n) is 1.13. The third-order valence-electron chi connectivity index (χ3n) is 1.89. The Morgan fingerprint density at radius 2 is 1.92 bits per heavy atom. The maximum atomic E-state index is 10.2. The van der Waals surface area contributed by atoms with Gasteiger partial charge in [0.15, 0.2) is 0 Å². The van der Waals surface area contributed by atoms with E-state index in [1.807, 2.05) is 0 Å². The Morgan fingerprint density at radius 1 is 1.23 bits per heavy atom. The van der Waals surface area contributed by atoms with Gasteiger partial charge >= 0.3 is 5.97 Å². The number of carboxylic acid groups (broad SMARTS) is 1. The zero-order valence-corrected chi connectivity index (χ0v) is 9.57. The van der Waals surface area contributed by atoms with Gasteiger partial charge in [0.1, 0.15) is 0 Å². The van der Waals surface area contributed by atoms with Crippen molar-refractivity contribution < 1.29 is 9.90 Å². The van der Waals surface area contributed by atoms with E-state index in [0.717, 1.165) is 37.9 Å². The number of hydrogen-bond donors (Lipinski definition) is 3. The predicted molar refractivity (Wildman–Crippen MR) is 62.0 cm³/mol. The lowest BCUT2D eigenvalue weighted by Gasteiger charge is -2.07. The Kier molecular flexibility index (Phi) is 8.87. The molecule has 1 atom stereocenters. The molecular weight excluding hydrogens is 204 g/mol. The Balaban J connectivity index is 3.11. The first-order chi connectivity index (χ1) is 6.16. The van der Waals surface area contributed by atoms with Crippen LogP contribution in [0.3, 0.4) is 0 Å². The molecule has 0 spiro atoms. The van der Waals surface area contributed by atoms with Crippen LogP contribution in [0, 0.1) is 0 Å². The smallest absolute Gasteiger partial charge is 0.303 e. The first-order valence-electron chi connectivity index (χ1n) is 4.67. The van der Waals surface area contributed by atoms with Crippen LogP contribution in [0.2, 0.25) is 0 Å². The van der Waals surface area contributed by atoms with Gasteiger partial charge in [0.05, 0.1) is 0 Å². The number of hydrogen-bond acceptors (Lipinski definition) is 3. The molecule has 0 fully saturated rings. The van der Waals surface area contributed by atoms with Crippen LogP contribution < -0.4 is 0 Å². The Labute approximate surface area is 90.9 Å². The van der Waals surface area contributed by atoms with Gasteiger partial charge in [0.25, 0.3) is 0 Å². The number of aliphatic carboxylic acids is 1. The number of unbranched alkanes of at least 4 members (excludes halogenated alkanes) is 2. The molecule has 78 valence electrons. The lowest BCUT2D eigenvalue weighted by Crippen LogP contribution is -2.00. The minimum absolute atomic E-state index is 0.295. The molecule has 13 heavy (non-hydrogen) atoms. The van der Waals surface area contributed by atoms with Crippen molar-refractivity contribution in [2.24, 2.45) is 0 Å². The second-order valence-electron chi connectivity index (χ2n) is 3.16. The molecule has 0 aromatic rings. The molecule has 2 nitrogen and oxygen atoms in total. The largest absolute Gasteiger partial charge is 0.481 e. The third-order valence-corrected chi connectivity index (χ3v) is 2.66. The average molecular weight is 222 g/mol. The van der Waals surface area contributed by atoms with E-state index >= 15 is 0 Å². The van der Waals surface area contributed by atoms with E-state index in [1.165, 1.54) is 0 Å². The highest BCUT2D eigenvalue weighted by Crippen LogP contribution is 2.13. The van der Waals surface area contributed by atoms with E-state index in [9.17, 15) is 4.79 Å². The highest BCUT2D eigenvalue weighted by molar-refractivity contribution is 7.81. The molecular formula is C9H18O2S2. The zero-order chi connectivity index (χ0) is 10.1. The quantitative estimate of drug-likeness (QED) is 0.436. The van der Waals surface area contributed by atoms with Gasteiger partial charge in [-0.2, -0.15) is 25.3 Å². The van der Waals surface area contributed by atoms with E-state index in [0.29, 0.717) is 11.7 Å². The monoisotopic (exact) mass is 222 g/mol. The van der Waals surface area contributed by atoms with Gasteiger partial charge in [-0.3, -0.25) is 4.79 Å². The molecule has 1 N–H and O–H groups in total. The van der Waals surface area contributed by atoms with Crippen LogP contribution in [-0.4, -0.2) is 22.1 Å². The lowest BCUT2D eigenvalue weighted by molar-refractivity contribution is -0.137. The summed E-state index contributed by atoms with van der Waals surface area (Å²) in [5.41, 5.74) is 0. The van der Waals surface area contributed by atoms with Crippen molar-refractivity contribution >= 4 is 31.2 Å². The molecule has 0 aromatic carbocycles. The van der Waals surface area contributed by atoms with E-state index in [-0.39, 0.29) is 0 Å². The minimum Gasteiger partial charge on any atom is -0.481 e. The van der Waals surface area contributed by atoms with Crippen LogP contribution in [-0.2, 0) is 4.79 Å². The average Bonchev–Trinajstić information content (AvgIpc) is 2.03. The minimum atomic E-state index is -0.696. The first kappa shape index (κ1) is 13.2. The Bertz CT molecular complexity index is 140. The second-order valence-corrected chi connectivity index (χ2v) is 4.34. The fraction of sp³-hybridized carbons (Fsp3) is 0.889. The molecule has 0 amide bonds. The van der Waals surface area contributed by atoms with Crippen LogP contribution >= 0.6 is 25.3 Å². The van der Waals surface area contributed by atoms with Gasteiger partial charge in [-0.25, -0.2) is 0 Å². The molecule has 0 bridgehead atoms. The molecule has 0 aliphatic rings. The molecule has 0 aliphatic carbocycles. The molecule has 0 radical (unpaired) electrons. The third kappa shape index (κ3) is 10.1. The van der Waals surface area contributed by atoms with E-state index in [2.05, 4.69) is 25.3 Å². The van der Waals surface area contributed by atoms with Crippen molar-refractivity contribution in [2.45, 2.75) is 43.8 Å². The van der Waals surface area contributed by atoms with Crippen molar-refractivity contribution in [3.63, 3.8) is 0 Å². The van der Waals surface area contributed by atoms with Gasteiger partial charge in [0.2, 0.25) is 0 Å². The van der Waals surface area contributed by atoms with Crippen molar-refractivity contribution in [3.05, 3.63) is 0 Å². The maximum Gasteiger partial charge on any atom is 0.303 e. The van der Waals surface area contributed by atoms with Crippen molar-refractivity contribution in [1.29, 1.82) is 0 Å². The summed E-state index contributed by atoms with van der Waals surface area (Å²) in [4.78, 5) is 10.2. The van der Waals surface area contributed by atoms with Gasteiger partial charge in [0, 0.05) is 11.7 Å². The van der Waals surface area contributed by atoms with Gasteiger partial charge < -0.3 is 5.11 Å². The number of carbonyl (C=O) groups is 1. The van der Waals surface area contributed by atoms with Crippen LogP contribution in [0.25, 0.3) is 0 Å². The summed E-state index contributed by atoms with van der Waals surface area (Å²) in [5, 5.41) is 8.81. The highest BCUT2D eigenvalue weighted by atomic mass is 32.1. The molecule has 0 aliphatic heterocycles. The standard InChI is InChI=1S/C9H18O2S2/c10-9(11)5-3-1-2-4-8(13)6-7-12/h8,12-13H,1-7H2,(H,10,11). The summed E-state index contributed by atoms with van der Waals surface area (Å²) in [6.45, 7) is 0. The molecule has 0 saturated carbocycles. The maximum absolute atomic E-state index is 10.2. The van der Waals surface area contributed by atoms with Gasteiger partial charge in [-0.05, 0) is 25.0 Å². The Morgan fingerprint density at radius 3 is 2.46 bits per heavy atom. The summed E-state index contributed by atoms with van der Waals surface area (Å²) < 4.78 is 0. The number of carboxylic acids is 1. The van der Waals surface area contributed by atoms with Crippen LogP contribution in [0.15, 0.2) is 0 Å². The second kappa shape index (κ2) is 8.75. The molecule has 0 rings (SSSR count). The summed E-state index contributed by atoms with van der Waals surface area (Å²) in [6, 6.07) is 0. The molecule has 0 heterocycles. The van der Waals surface area contributed by atoms with Crippen molar-refractivity contribution in [1.82, 2.24) is 0 Å². The Hall–Kier alpha value is 0.170. The SMILES string of the molecule is O=C(O)CCCCCC(S)CCS. The summed E-state index contributed by atoms with van der Waals surface area (Å²) in [5.74, 6) is 0.182. The molecule has 0 aromatic heterocycles. The van der Waals surface area contributed by atoms with Crippen LogP contribution in [0.1, 0.15) is 38.5 Å². The zero-order valence-electron chi connectivity index (χ0n) is 7.78. The topological polar surface area (TPSA) is 37.3 Å². The normalized spacial score (nSPS) is 12.8. The van der Waals surface area contributed by atoms with E-state index in [1.54, 1.807) is 0 Å². The number of rotatable bonds is 8. The molecule has 1 unspecified atom stereocenters. The highest BCUT2D eigenvalue weighted by Gasteiger charge is 2.02. The summed E-state index contributed by atoms with van der Waals surface area (Å²) in [6.07, 6.45) is 5.26. The van der Waals surface area contributed by atoms with Gasteiger partial charge in [-0.15, -0.1) is 0 Å². The van der Waals surface area contributed by atoms with E-state index in [4.69, 9.17) is 5.11 Å². The summed E-state index contributed by atoms with van der Waals surface area (Å²) in [7, 11) is 0. The molecule has 4 heteroatoms. The van der Waals surface area contributed by atoms with Gasteiger partial charge in [-0.1, -0.05) is 12.8 Å². The summed E-state index contributed by atoms with van der Waals surface area (Å²) >= 11 is 8.51. The number of thiol groups is 2. The van der Waals surface area contributed by atoms with Crippen molar-refractivity contribution in [2.75, 3.05) is 5.75 Å². The predicted octanol–water partition coefficient (Wildman–Crippen LogP) is 2.64. The van der Waals surface area contributed by atoms with Crippen LogP contribution in [0.5, 0.6) is 0 Å². The van der Waals surface area contributed by atoms with Crippen LogP contribution in [0.4, 0.5) is 0 Å². The molecule has 0 saturated heterocycles. The van der Waals surface area contributed by atoms with Crippen molar-refractivity contribution in [3.8, 4) is 0 Å².